The molecule has 1 rings (SSSR count). The van der Waals surface area contributed by atoms with E-state index in [0.29, 0.717) is 18.9 Å². The number of carboxylic acids is 1. The van der Waals surface area contributed by atoms with Crippen molar-refractivity contribution in [3.63, 3.8) is 0 Å². The van der Waals surface area contributed by atoms with Gasteiger partial charge in [0.05, 0.1) is 6.61 Å². The molecule has 1 amide bonds. The summed E-state index contributed by atoms with van der Waals surface area (Å²) in [4.78, 5) is 21.4. The van der Waals surface area contributed by atoms with Crippen LogP contribution in [0.25, 0.3) is 0 Å². The number of amides is 1. The summed E-state index contributed by atoms with van der Waals surface area (Å²) in [6.45, 7) is 0.192. The van der Waals surface area contributed by atoms with E-state index in [1.807, 2.05) is 0 Å². The maximum absolute atomic E-state index is 11.3. The lowest BCUT2D eigenvalue weighted by molar-refractivity contribution is -0.142. The Balaban J connectivity index is 1.95. The highest BCUT2D eigenvalue weighted by Gasteiger charge is 2.29. The number of hydrogen-bond acceptors (Lipinski definition) is 4. The maximum atomic E-state index is 11.3. The Morgan fingerprint density at radius 1 is 1.50 bits per heavy atom. The van der Waals surface area contributed by atoms with E-state index in [1.165, 1.54) is 0 Å². The third kappa shape index (κ3) is 5.67. The maximum Gasteiger partial charge on any atom is 0.329 e. The van der Waals surface area contributed by atoms with Crippen LogP contribution in [0, 0.1) is 5.92 Å². The van der Waals surface area contributed by atoms with Crippen LogP contribution < -0.4 is 11.1 Å². The molecule has 0 aromatic carbocycles. The fourth-order valence-electron chi connectivity index (χ4n) is 1.40. The zero-order valence-corrected chi connectivity index (χ0v) is 9.15. The Bertz CT molecular complexity index is 253. The number of hydrogen-bond donors (Lipinski definition) is 3. The molecule has 0 radical (unpaired) electrons. The summed E-state index contributed by atoms with van der Waals surface area (Å²) >= 11 is 0. The summed E-state index contributed by atoms with van der Waals surface area (Å²) in [5, 5.41) is 10.9. The van der Waals surface area contributed by atoms with Crippen LogP contribution in [0.3, 0.4) is 0 Å². The van der Waals surface area contributed by atoms with Gasteiger partial charge in [-0.05, 0) is 18.8 Å². The number of carbonyl (C=O) groups is 2. The average Bonchev–Trinajstić information content (AvgIpc) is 2.99. The van der Waals surface area contributed by atoms with Gasteiger partial charge in [-0.15, -0.1) is 0 Å². The predicted octanol–water partition coefficient (Wildman–Crippen LogP) is -0.669. The van der Waals surface area contributed by atoms with Gasteiger partial charge in [0, 0.05) is 19.0 Å². The van der Waals surface area contributed by atoms with Gasteiger partial charge in [0.2, 0.25) is 5.91 Å². The molecule has 1 unspecified atom stereocenters. The first-order chi connectivity index (χ1) is 7.59. The van der Waals surface area contributed by atoms with Crippen LogP contribution in [0.2, 0.25) is 0 Å². The van der Waals surface area contributed by atoms with E-state index in [1.54, 1.807) is 0 Å². The van der Waals surface area contributed by atoms with Gasteiger partial charge < -0.3 is 20.9 Å². The van der Waals surface area contributed by atoms with Crippen LogP contribution in [0.5, 0.6) is 0 Å². The molecule has 1 fully saturated rings. The second kappa shape index (κ2) is 6.44. The Hall–Kier alpha value is -1.14. The highest BCUT2D eigenvalue weighted by atomic mass is 16.5. The quantitative estimate of drug-likeness (QED) is 0.480. The lowest BCUT2D eigenvalue weighted by Crippen LogP contribution is -2.34. The summed E-state index contributed by atoms with van der Waals surface area (Å²) in [7, 11) is 0. The summed E-state index contributed by atoms with van der Waals surface area (Å²) in [6.07, 6.45) is 2.58. The van der Waals surface area contributed by atoms with Crippen molar-refractivity contribution in [2.75, 3.05) is 19.8 Å². The van der Waals surface area contributed by atoms with E-state index in [4.69, 9.17) is 15.6 Å². The topological polar surface area (TPSA) is 102 Å². The van der Waals surface area contributed by atoms with Gasteiger partial charge in [0.25, 0.3) is 0 Å². The predicted molar refractivity (Wildman–Crippen MR) is 56.8 cm³/mol. The number of carbonyl (C=O) groups excluding carboxylic acids is 1. The Morgan fingerprint density at radius 2 is 2.19 bits per heavy atom. The summed E-state index contributed by atoms with van der Waals surface area (Å²) in [5.74, 6) is -0.602. The fraction of sp³-hybridized carbons (Fsp3) is 0.800. The van der Waals surface area contributed by atoms with Crippen LogP contribution >= 0.6 is 0 Å². The second-order valence-corrected chi connectivity index (χ2v) is 4.00. The zero-order valence-electron chi connectivity index (χ0n) is 9.15. The van der Waals surface area contributed by atoms with E-state index < -0.39 is 5.97 Å². The van der Waals surface area contributed by atoms with Gasteiger partial charge in [0.1, 0.15) is 6.61 Å². The first kappa shape index (κ1) is 12.9. The summed E-state index contributed by atoms with van der Waals surface area (Å²) in [5.41, 5.74) is 5.78. The average molecular weight is 230 g/mol. The van der Waals surface area contributed by atoms with E-state index in [9.17, 15) is 9.59 Å². The number of nitrogens with two attached hydrogens (primary N) is 1. The van der Waals surface area contributed by atoms with Crippen molar-refractivity contribution in [3.05, 3.63) is 0 Å². The van der Waals surface area contributed by atoms with Crippen molar-refractivity contribution in [2.24, 2.45) is 11.7 Å². The van der Waals surface area contributed by atoms with Crippen LogP contribution in [0.1, 0.15) is 19.3 Å². The van der Waals surface area contributed by atoms with Crippen LogP contribution in [-0.2, 0) is 14.3 Å². The molecule has 6 heteroatoms. The molecule has 16 heavy (non-hydrogen) atoms. The van der Waals surface area contributed by atoms with Crippen molar-refractivity contribution in [2.45, 2.75) is 25.3 Å². The molecule has 0 saturated heterocycles. The smallest absolute Gasteiger partial charge is 0.329 e. The van der Waals surface area contributed by atoms with Gasteiger partial charge in [0.15, 0.2) is 0 Å². The van der Waals surface area contributed by atoms with Gasteiger partial charge in [-0.2, -0.15) is 0 Å². The monoisotopic (exact) mass is 230 g/mol. The normalized spacial score (nSPS) is 16.8. The minimum atomic E-state index is -1.01. The van der Waals surface area contributed by atoms with Crippen molar-refractivity contribution < 1.29 is 19.4 Å². The summed E-state index contributed by atoms with van der Waals surface area (Å²) in [6, 6.07) is -0.0417. The van der Waals surface area contributed by atoms with Crippen LogP contribution in [0.4, 0.5) is 0 Å². The van der Waals surface area contributed by atoms with Gasteiger partial charge in [-0.25, -0.2) is 4.79 Å². The molecule has 0 aromatic heterocycles. The molecule has 1 atom stereocenters. The molecule has 92 valence electrons. The van der Waals surface area contributed by atoms with Crippen molar-refractivity contribution in [1.29, 1.82) is 0 Å². The Kier molecular flexibility index (Phi) is 5.21. The number of rotatable bonds is 8. The van der Waals surface area contributed by atoms with Crippen molar-refractivity contribution in [3.8, 4) is 0 Å². The molecule has 6 nitrogen and oxygen atoms in total. The highest BCUT2D eigenvalue weighted by Crippen LogP contribution is 2.32. The molecule has 1 aliphatic rings. The third-order valence-electron chi connectivity index (χ3n) is 2.44. The van der Waals surface area contributed by atoms with Gasteiger partial charge >= 0.3 is 5.97 Å². The number of carboxylic acid groups (broad SMARTS) is 1. The molecule has 0 aliphatic heterocycles. The largest absolute Gasteiger partial charge is 0.480 e. The molecule has 1 saturated carbocycles. The standard InChI is InChI=1S/C10H18N2O4/c11-8(7-1-2-7)5-9(13)12-3-4-16-6-10(14)15/h7-8H,1-6,11H2,(H,12,13)(H,14,15). The molecular formula is C10H18N2O4. The van der Waals surface area contributed by atoms with E-state index in [0.717, 1.165) is 12.8 Å². The SMILES string of the molecule is NC(CC(=O)NCCOCC(=O)O)C1CC1. The number of nitrogens with one attached hydrogen (secondary N) is 1. The minimum absolute atomic E-state index is 0.0417. The second-order valence-electron chi connectivity index (χ2n) is 4.00. The third-order valence-corrected chi connectivity index (χ3v) is 2.44. The Morgan fingerprint density at radius 3 is 2.75 bits per heavy atom. The zero-order chi connectivity index (χ0) is 12.0. The van der Waals surface area contributed by atoms with E-state index in [2.05, 4.69) is 5.32 Å². The van der Waals surface area contributed by atoms with Crippen molar-refractivity contribution >= 4 is 11.9 Å². The minimum Gasteiger partial charge on any atom is -0.480 e. The molecule has 1 aliphatic carbocycles. The molecule has 0 heterocycles. The number of aliphatic carboxylic acids is 1. The van der Waals surface area contributed by atoms with Crippen molar-refractivity contribution in [1.82, 2.24) is 5.32 Å². The first-order valence-electron chi connectivity index (χ1n) is 5.41. The summed E-state index contributed by atoms with van der Waals surface area (Å²) < 4.78 is 4.76. The first-order valence-corrected chi connectivity index (χ1v) is 5.41. The van der Waals surface area contributed by atoms with Gasteiger partial charge in [-0.3, -0.25) is 4.79 Å². The highest BCUT2D eigenvalue weighted by molar-refractivity contribution is 5.76. The molecule has 4 N–H and O–H groups in total. The van der Waals surface area contributed by atoms with Crippen LogP contribution in [-0.4, -0.2) is 42.8 Å². The lowest BCUT2D eigenvalue weighted by Gasteiger charge is -2.10. The van der Waals surface area contributed by atoms with Gasteiger partial charge in [-0.1, -0.05) is 0 Å². The van der Waals surface area contributed by atoms with E-state index >= 15 is 0 Å². The molecular weight excluding hydrogens is 212 g/mol. The fourth-order valence-corrected chi connectivity index (χ4v) is 1.40. The number of ether oxygens (including phenoxy) is 1. The Labute approximate surface area is 94.1 Å². The van der Waals surface area contributed by atoms with E-state index in [-0.39, 0.29) is 25.2 Å². The molecule has 0 aromatic rings. The van der Waals surface area contributed by atoms with Crippen LogP contribution in [0.15, 0.2) is 0 Å². The molecule has 0 bridgehead atoms. The molecule has 0 spiro atoms. The lowest BCUT2D eigenvalue weighted by atomic mass is 10.1.